The Bertz CT molecular complexity index is 536. The summed E-state index contributed by atoms with van der Waals surface area (Å²) in [6.45, 7) is 1.69. The Kier molecular flexibility index (Phi) is 8.10. The Morgan fingerprint density at radius 1 is 1.30 bits per heavy atom. The van der Waals surface area contributed by atoms with Crippen molar-refractivity contribution in [2.75, 3.05) is 24.4 Å². The number of anilines is 1. The normalized spacial score (nSPS) is 12.8. The van der Waals surface area contributed by atoms with Crippen LogP contribution in [-0.4, -0.2) is 37.2 Å². The molecule has 0 saturated heterocycles. The lowest BCUT2D eigenvalue weighted by atomic mass is 10.1. The Morgan fingerprint density at radius 2 is 1.96 bits per heavy atom. The van der Waals surface area contributed by atoms with Crippen LogP contribution in [0.2, 0.25) is 0 Å². The molecule has 7 nitrogen and oxygen atoms in total. The van der Waals surface area contributed by atoms with Crippen molar-refractivity contribution in [2.45, 2.75) is 25.4 Å². The highest BCUT2D eigenvalue weighted by Gasteiger charge is 2.21. The van der Waals surface area contributed by atoms with Gasteiger partial charge in [0.05, 0.1) is 7.11 Å². The Morgan fingerprint density at radius 3 is 2.48 bits per heavy atom. The van der Waals surface area contributed by atoms with Gasteiger partial charge in [0, 0.05) is 5.69 Å². The molecule has 0 heterocycles. The molecular formula is C15H21N3O4S. The number of hydrogen-bond acceptors (Lipinski definition) is 6. The Labute approximate surface area is 139 Å². The van der Waals surface area contributed by atoms with Gasteiger partial charge in [0.1, 0.15) is 12.1 Å². The monoisotopic (exact) mass is 339 g/mol. The minimum absolute atomic E-state index is 0.437. The van der Waals surface area contributed by atoms with E-state index in [1.807, 2.05) is 6.26 Å². The second-order valence-corrected chi connectivity index (χ2v) is 5.84. The van der Waals surface area contributed by atoms with Crippen molar-refractivity contribution in [1.82, 2.24) is 5.32 Å². The van der Waals surface area contributed by atoms with Crippen LogP contribution in [0.3, 0.4) is 0 Å². The van der Waals surface area contributed by atoms with Crippen molar-refractivity contribution in [3.05, 3.63) is 34.7 Å². The van der Waals surface area contributed by atoms with E-state index in [4.69, 9.17) is 0 Å². The summed E-state index contributed by atoms with van der Waals surface area (Å²) in [5.74, 6) is 0.251. The molecule has 2 atom stereocenters. The van der Waals surface area contributed by atoms with Gasteiger partial charge < -0.3 is 15.4 Å². The van der Waals surface area contributed by atoms with Gasteiger partial charge in [0.15, 0.2) is 0 Å². The van der Waals surface area contributed by atoms with E-state index >= 15 is 0 Å². The number of methoxy groups -OCH3 is 1. The number of ether oxygens (including phenoxy) is 1. The number of esters is 1. The maximum atomic E-state index is 12.0. The number of rotatable bonds is 8. The van der Waals surface area contributed by atoms with Gasteiger partial charge in [-0.2, -0.15) is 16.7 Å². The summed E-state index contributed by atoms with van der Waals surface area (Å²) < 4.78 is 4.68. The van der Waals surface area contributed by atoms with Crippen LogP contribution in [0.4, 0.5) is 10.5 Å². The summed E-state index contributed by atoms with van der Waals surface area (Å²) in [5, 5.41) is 8.17. The molecule has 0 spiro atoms. The smallest absolute Gasteiger partial charge is 0.328 e. The minimum atomic E-state index is -0.689. The molecule has 23 heavy (non-hydrogen) atoms. The molecule has 0 saturated carbocycles. The number of benzene rings is 1. The van der Waals surface area contributed by atoms with E-state index in [1.165, 1.54) is 7.11 Å². The molecule has 0 radical (unpaired) electrons. The molecule has 0 aromatic heterocycles. The SMILES string of the molecule is COC(=O)C(CCSC)NC(=O)Nc1ccc(C(C)N=O)cc1. The quantitative estimate of drug-likeness (QED) is 0.560. The van der Waals surface area contributed by atoms with Crippen molar-refractivity contribution in [3.8, 4) is 0 Å². The van der Waals surface area contributed by atoms with Gasteiger partial charge in [0.25, 0.3) is 0 Å². The standard InChI is InChI=1S/C15H21N3O4S/c1-10(18-21)11-4-6-12(7-5-11)16-15(20)17-13(8-9-23-3)14(19)22-2/h4-7,10,13H,8-9H2,1-3H3,(H2,16,17,20). The molecule has 126 valence electrons. The number of carbonyl (C=O) groups excluding carboxylic acids is 2. The first-order valence-electron chi connectivity index (χ1n) is 7.08. The van der Waals surface area contributed by atoms with Crippen molar-refractivity contribution in [3.63, 3.8) is 0 Å². The zero-order chi connectivity index (χ0) is 17.2. The Hall–Kier alpha value is -2.09. The van der Waals surface area contributed by atoms with Gasteiger partial charge in [-0.1, -0.05) is 17.3 Å². The first-order chi connectivity index (χ1) is 11.0. The molecule has 1 aromatic carbocycles. The third-order valence-electron chi connectivity index (χ3n) is 3.21. The largest absolute Gasteiger partial charge is 0.467 e. The lowest BCUT2D eigenvalue weighted by Crippen LogP contribution is -2.44. The summed E-state index contributed by atoms with van der Waals surface area (Å²) in [6.07, 6.45) is 2.41. The van der Waals surface area contributed by atoms with Crippen molar-refractivity contribution in [2.24, 2.45) is 5.18 Å². The fourth-order valence-corrected chi connectivity index (χ4v) is 2.33. The zero-order valence-corrected chi connectivity index (χ0v) is 14.2. The highest BCUT2D eigenvalue weighted by Crippen LogP contribution is 2.18. The molecule has 2 amide bonds. The van der Waals surface area contributed by atoms with E-state index in [0.717, 1.165) is 11.3 Å². The van der Waals surface area contributed by atoms with Crippen LogP contribution in [0.25, 0.3) is 0 Å². The summed E-state index contributed by atoms with van der Waals surface area (Å²) in [5.41, 5.74) is 1.32. The fourth-order valence-electron chi connectivity index (χ4n) is 1.86. The molecular weight excluding hydrogens is 318 g/mol. The molecule has 0 aliphatic heterocycles. The van der Waals surface area contributed by atoms with Crippen molar-refractivity contribution >= 4 is 29.4 Å². The number of nitrogens with zero attached hydrogens (tertiary/aromatic N) is 1. The lowest BCUT2D eigenvalue weighted by Gasteiger charge is -2.16. The summed E-state index contributed by atoms with van der Waals surface area (Å²) >= 11 is 1.58. The van der Waals surface area contributed by atoms with Crippen LogP contribution >= 0.6 is 11.8 Å². The van der Waals surface area contributed by atoms with E-state index in [0.29, 0.717) is 12.1 Å². The highest BCUT2D eigenvalue weighted by atomic mass is 32.2. The van der Waals surface area contributed by atoms with Crippen LogP contribution in [0.1, 0.15) is 24.9 Å². The average molecular weight is 339 g/mol. The van der Waals surface area contributed by atoms with Crippen LogP contribution in [0.15, 0.2) is 29.4 Å². The summed E-state index contributed by atoms with van der Waals surface area (Å²) in [4.78, 5) is 34.1. The molecule has 0 aliphatic rings. The molecule has 1 aromatic rings. The molecule has 2 unspecified atom stereocenters. The average Bonchev–Trinajstić information content (AvgIpc) is 2.57. The van der Waals surface area contributed by atoms with Crippen molar-refractivity contribution in [1.29, 1.82) is 0 Å². The first-order valence-corrected chi connectivity index (χ1v) is 8.48. The Balaban J connectivity index is 2.63. The van der Waals surface area contributed by atoms with Gasteiger partial charge in [-0.3, -0.25) is 0 Å². The van der Waals surface area contributed by atoms with Crippen molar-refractivity contribution < 1.29 is 14.3 Å². The van der Waals surface area contributed by atoms with E-state index < -0.39 is 24.1 Å². The van der Waals surface area contributed by atoms with Gasteiger partial charge >= 0.3 is 12.0 Å². The maximum absolute atomic E-state index is 12.0. The van der Waals surface area contributed by atoms with Crippen LogP contribution in [0, 0.1) is 4.91 Å². The van der Waals surface area contributed by atoms with E-state index in [-0.39, 0.29) is 0 Å². The zero-order valence-electron chi connectivity index (χ0n) is 13.4. The van der Waals surface area contributed by atoms with Gasteiger partial charge in [-0.05, 0) is 43.0 Å². The van der Waals surface area contributed by atoms with Gasteiger partial charge in [-0.15, -0.1) is 0 Å². The van der Waals surface area contributed by atoms with E-state index in [9.17, 15) is 14.5 Å². The number of amides is 2. The third kappa shape index (κ3) is 6.27. The van der Waals surface area contributed by atoms with Gasteiger partial charge in [0.2, 0.25) is 0 Å². The summed E-state index contributed by atoms with van der Waals surface area (Å²) in [7, 11) is 1.29. The van der Waals surface area contributed by atoms with Crippen LogP contribution in [-0.2, 0) is 9.53 Å². The maximum Gasteiger partial charge on any atom is 0.328 e. The molecule has 1 rings (SSSR count). The third-order valence-corrected chi connectivity index (χ3v) is 3.85. The highest BCUT2D eigenvalue weighted by molar-refractivity contribution is 7.98. The number of nitrogens with one attached hydrogen (secondary N) is 2. The van der Waals surface area contributed by atoms with E-state index in [1.54, 1.807) is 43.0 Å². The predicted octanol–water partition coefficient (Wildman–Crippen LogP) is 2.93. The predicted molar refractivity (Wildman–Crippen MR) is 91.6 cm³/mol. The number of hydrogen-bond donors (Lipinski definition) is 2. The second-order valence-electron chi connectivity index (χ2n) is 4.86. The molecule has 2 N–H and O–H groups in total. The minimum Gasteiger partial charge on any atom is -0.467 e. The number of carbonyl (C=O) groups is 2. The molecule has 0 bridgehead atoms. The number of nitroso groups, excluding NO2 is 1. The van der Waals surface area contributed by atoms with Crippen LogP contribution < -0.4 is 10.6 Å². The topological polar surface area (TPSA) is 96.9 Å². The van der Waals surface area contributed by atoms with E-state index in [2.05, 4.69) is 20.5 Å². The summed E-state index contributed by atoms with van der Waals surface area (Å²) in [6, 6.07) is 5.16. The molecule has 0 aliphatic carbocycles. The molecule has 8 heteroatoms. The number of thioether (sulfide) groups is 1. The molecule has 0 fully saturated rings. The second kappa shape index (κ2) is 9.83. The first kappa shape index (κ1) is 19.0. The fraction of sp³-hybridized carbons (Fsp3) is 0.467. The number of urea groups is 1. The van der Waals surface area contributed by atoms with Gasteiger partial charge in [-0.25, -0.2) is 9.59 Å². The van der Waals surface area contributed by atoms with Crippen LogP contribution in [0.5, 0.6) is 0 Å². The lowest BCUT2D eigenvalue weighted by molar-refractivity contribution is -0.142.